The monoisotopic (exact) mass is 565 g/mol. The highest BCUT2D eigenvalue weighted by Crippen LogP contribution is 2.48. The van der Waals surface area contributed by atoms with Gasteiger partial charge in [0, 0.05) is 12.3 Å². The zero-order valence-electron chi connectivity index (χ0n) is 23.3. The molecule has 9 heteroatoms. The molecule has 0 bridgehead atoms. The van der Waals surface area contributed by atoms with Crippen LogP contribution in [0.3, 0.4) is 0 Å². The van der Waals surface area contributed by atoms with Crippen molar-refractivity contribution in [3.63, 3.8) is 0 Å². The summed E-state index contributed by atoms with van der Waals surface area (Å²) in [6.07, 6.45) is 6.34. The summed E-state index contributed by atoms with van der Waals surface area (Å²) in [6, 6.07) is 15.9. The second-order valence-corrected chi connectivity index (χ2v) is 12.3. The molecule has 1 aliphatic carbocycles. The summed E-state index contributed by atoms with van der Waals surface area (Å²) in [4.78, 5) is 16.6. The van der Waals surface area contributed by atoms with E-state index < -0.39 is 10.1 Å². The number of benzene rings is 2. The van der Waals surface area contributed by atoms with Gasteiger partial charge in [0.15, 0.2) is 0 Å². The van der Waals surface area contributed by atoms with Gasteiger partial charge in [-0.15, -0.1) is 0 Å². The second-order valence-electron chi connectivity index (χ2n) is 10.7. The van der Waals surface area contributed by atoms with E-state index in [1.54, 1.807) is 19.4 Å². The minimum absolute atomic E-state index is 0.0955. The number of methoxy groups -OCH3 is 2. The molecular weight excluding hydrogens is 530 g/mol. The third-order valence-corrected chi connectivity index (χ3v) is 8.39. The Kier molecular flexibility index (Phi) is 8.14. The third kappa shape index (κ3) is 6.31. The molecule has 0 N–H and O–H groups in total. The fraction of sp³-hybridized carbons (Fsp3) is 0.419. The van der Waals surface area contributed by atoms with Crippen LogP contribution in [0, 0.1) is 11.8 Å². The number of aryl methyl sites for hydroxylation is 1. The lowest BCUT2D eigenvalue weighted by Gasteiger charge is -2.29. The van der Waals surface area contributed by atoms with Gasteiger partial charge in [-0.25, -0.2) is 4.98 Å². The molecule has 3 atom stereocenters. The molecule has 1 saturated carbocycles. The Morgan fingerprint density at radius 1 is 1.07 bits per heavy atom. The summed E-state index contributed by atoms with van der Waals surface area (Å²) in [5, 5.41) is 0. The number of esters is 1. The Morgan fingerprint density at radius 2 is 1.88 bits per heavy atom. The summed E-state index contributed by atoms with van der Waals surface area (Å²) in [5.41, 5.74) is 5.58. The van der Waals surface area contributed by atoms with Crippen LogP contribution < -0.4 is 9.47 Å². The van der Waals surface area contributed by atoms with E-state index in [0.29, 0.717) is 11.8 Å². The van der Waals surface area contributed by atoms with Gasteiger partial charge in [0.25, 0.3) is 10.1 Å². The summed E-state index contributed by atoms with van der Waals surface area (Å²) in [7, 11) is -0.653. The molecule has 3 aromatic rings. The molecule has 1 unspecified atom stereocenters. The molecule has 5 rings (SSSR count). The predicted molar refractivity (Wildman–Crippen MR) is 151 cm³/mol. The molecule has 0 amide bonds. The van der Waals surface area contributed by atoms with Crippen LogP contribution in [-0.2, 0) is 36.9 Å². The van der Waals surface area contributed by atoms with Crippen LogP contribution in [-0.4, -0.2) is 39.8 Å². The average molecular weight is 566 g/mol. The summed E-state index contributed by atoms with van der Waals surface area (Å²) in [6.45, 7) is 1.84. The number of aromatic nitrogens is 1. The van der Waals surface area contributed by atoms with Gasteiger partial charge in [0.05, 0.1) is 33.0 Å². The number of nitrogens with zero attached hydrogens (tertiary/aromatic N) is 1. The highest BCUT2D eigenvalue weighted by Gasteiger charge is 2.39. The zero-order valence-corrected chi connectivity index (χ0v) is 24.1. The van der Waals surface area contributed by atoms with E-state index in [4.69, 9.17) is 18.4 Å². The minimum atomic E-state index is -3.64. The van der Waals surface area contributed by atoms with Gasteiger partial charge in [-0.05, 0) is 89.1 Å². The van der Waals surface area contributed by atoms with Gasteiger partial charge in [-0.1, -0.05) is 31.2 Å². The van der Waals surface area contributed by atoms with Gasteiger partial charge < -0.3 is 14.2 Å². The second kappa shape index (κ2) is 11.6. The topological polar surface area (TPSA) is 101 Å². The van der Waals surface area contributed by atoms with E-state index in [-0.39, 0.29) is 30.5 Å². The highest BCUT2D eigenvalue weighted by molar-refractivity contribution is 7.85. The van der Waals surface area contributed by atoms with Gasteiger partial charge in [-0.2, -0.15) is 8.42 Å². The van der Waals surface area contributed by atoms with E-state index in [9.17, 15) is 13.2 Å². The fourth-order valence-electron chi connectivity index (χ4n) is 5.66. The molecule has 0 spiro atoms. The van der Waals surface area contributed by atoms with Crippen LogP contribution in [0.4, 0.5) is 0 Å². The van der Waals surface area contributed by atoms with Crippen LogP contribution in [0.5, 0.6) is 11.6 Å². The van der Waals surface area contributed by atoms with Crippen molar-refractivity contribution in [3.05, 3.63) is 77.0 Å². The molecule has 212 valence electrons. The lowest BCUT2D eigenvalue weighted by atomic mass is 9.82. The number of hydrogen-bond acceptors (Lipinski definition) is 8. The Bertz CT molecular complexity index is 1500. The summed E-state index contributed by atoms with van der Waals surface area (Å²) in [5.74, 6) is 1.44. The SMILES string of the molecule is COC(=O)[C@@H](C)[C@H](c1ccc2c(c1)OC(c1ccc(-c3ccnc(OC)c3)c(COS(C)(=O)=O)c1)CC2)C1CC1. The average Bonchev–Trinajstić information content (AvgIpc) is 3.80. The van der Waals surface area contributed by atoms with E-state index in [0.717, 1.165) is 71.1 Å². The van der Waals surface area contributed by atoms with Gasteiger partial charge in [0.1, 0.15) is 11.9 Å². The predicted octanol–water partition coefficient (Wildman–Crippen LogP) is 5.60. The van der Waals surface area contributed by atoms with Crippen molar-refractivity contribution in [2.24, 2.45) is 11.8 Å². The van der Waals surface area contributed by atoms with Crippen molar-refractivity contribution in [3.8, 4) is 22.8 Å². The first-order chi connectivity index (χ1) is 19.2. The van der Waals surface area contributed by atoms with E-state index in [2.05, 4.69) is 23.2 Å². The Morgan fingerprint density at radius 3 is 2.58 bits per heavy atom. The van der Waals surface area contributed by atoms with Gasteiger partial charge in [0.2, 0.25) is 5.88 Å². The Balaban J connectivity index is 1.45. The normalized spacial score (nSPS) is 18.2. The molecule has 2 aliphatic rings. The molecule has 1 fully saturated rings. The van der Waals surface area contributed by atoms with Crippen LogP contribution >= 0.6 is 0 Å². The number of ether oxygens (including phenoxy) is 3. The lowest BCUT2D eigenvalue weighted by molar-refractivity contribution is -0.145. The number of carbonyl (C=O) groups is 1. The van der Waals surface area contributed by atoms with Gasteiger partial charge in [-0.3, -0.25) is 8.98 Å². The van der Waals surface area contributed by atoms with Crippen molar-refractivity contribution in [2.45, 2.75) is 51.2 Å². The maximum atomic E-state index is 12.4. The molecule has 8 nitrogen and oxygen atoms in total. The van der Waals surface area contributed by atoms with Crippen molar-refractivity contribution < 1.29 is 31.6 Å². The number of pyridine rings is 1. The van der Waals surface area contributed by atoms with Crippen molar-refractivity contribution in [2.75, 3.05) is 20.5 Å². The Labute approximate surface area is 235 Å². The number of rotatable bonds is 10. The molecular formula is C31H35NO7S. The minimum Gasteiger partial charge on any atom is -0.485 e. The highest BCUT2D eigenvalue weighted by atomic mass is 32.2. The quantitative estimate of drug-likeness (QED) is 0.231. The van der Waals surface area contributed by atoms with Crippen molar-refractivity contribution >= 4 is 16.1 Å². The molecule has 40 heavy (non-hydrogen) atoms. The van der Waals surface area contributed by atoms with Crippen molar-refractivity contribution in [1.82, 2.24) is 4.98 Å². The maximum absolute atomic E-state index is 12.4. The van der Waals surface area contributed by atoms with Crippen LogP contribution in [0.1, 0.15) is 60.5 Å². The first kappa shape index (κ1) is 28.1. The zero-order chi connectivity index (χ0) is 28.4. The van der Waals surface area contributed by atoms with Crippen LogP contribution in [0.2, 0.25) is 0 Å². The number of fused-ring (bicyclic) bond motifs is 1. The number of hydrogen-bond donors (Lipinski definition) is 0. The fourth-order valence-corrected chi connectivity index (χ4v) is 6.00. The van der Waals surface area contributed by atoms with Crippen molar-refractivity contribution in [1.29, 1.82) is 0 Å². The summed E-state index contributed by atoms with van der Waals surface area (Å²) >= 11 is 0. The maximum Gasteiger partial charge on any atom is 0.309 e. The Hall–Kier alpha value is -3.43. The first-order valence-corrected chi connectivity index (χ1v) is 15.3. The van der Waals surface area contributed by atoms with E-state index in [1.165, 1.54) is 7.11 Å². The number of carbonyl (C=O) groups excluding carboxylic acids is 1. The standard InChI is InChI=1S/C31H35NO7S/c1-19(31(33)37-3)30(21-6-7-21)24-8-5-20-10-12-27(39-28(20)16-24)23-9-11-26(22-13-14-32-29(17-22)36-2)25(15-23)18-38-40(4,34)35/h5,8-9,11,13-17,19,21,27,30H,6-7,10,12,18H2,1-4H3/t19-,27?,30-/m0/s1. The smallest absolute Gasteiger partial charge is 0.309 e. The van der Waals surface area contributed by atoms with Gasteiger partial charge >= 0.3 is 5.97 Å². The molecule has 1 aliphatic heterocycles. The van der Waals surface area contributed by atoms with Crippen LogP contribution in [0.25, 0.3) is 11.1 Å². The molecule has 1 aromatic heterocycles. The van der Waals surface area contributed by atoms with E-state index >= 15 is 0 Å². The molecule has 2 aromatic carbocycles. The third-order valence-electron chi connectivity index (χ3n) is 7.85. The summed E-state index contributed by atoms with van der Waals surface area (Å²) < 4.78 is 45.7. The first-order valence-electron chi connectivity index (χ1n) is 13.5. The molecule has 0 saturated heterocycles. The van der Waals surface area contributed by atoms with E-state index in [1.807, 2.05) is 31.2 Å². The molecule has 0 radical (unpaired) electrons. The lowest BCUT2D eigenvalue weighted by Crippen LogP contribution is -2.23. The largest absolute Gasteiger partial charge is 0.485 e. The molecule has 2 heterocycles. The van der Waals surface area contributed by atoms with Crippen LogP contribution in [0.15, 0.2) is 54.7 Å².